The number of alkyl halides is 3. The number of dihydropyridines is 1. The molecule has 1 atom stereocenters. The van der Waals surface area contributed by atoms with Gasteiger partial charge in [-0.15, -0.1) is 11.8 Å². The van der Waals surface area contributed by atoms with E-state index in [4.69, 9.17) is 4.74 Å². The van der Waals surface area contributed by atoms with Gasteiger partial charge in [0, 0.05) is 17.0 Å². The Bertz CT molecular complexity index is 1440. The van der Waals surface area contributed by atoms with Crippen LogP contribution in [0, 0.1) is 11.3 Å². The van der Waals surface area contributed by atoms with Crippen LogP contribution in [0.25, 0.3) is 0 Å². The number of halogens is 3. The van der Waals surface area contributed by atoms with Crippen molar-refractivity contribution in [2.24, 2.45) is 0 Å². The van der Waals surface area contributed by atoms with E-state index in [0.717, 1.165) is 11.6 Å². The number of hydrogen-bond donors (Lipinski definition) is 2. The molecule has 4 rings (SSSR count). The summed E-state index contributed by atoms with van der Waals surface area (Å²) in [5.74, 6) is -1.00. The molecule has 0 bridgehead atoms. The number of hydrogen-bond acceptors (Lipinski definition) is 5. The number of ether oxygens (including phenoxy) is 1. The third-order valence-corrected chi connectivity index (χ3v) is 7.14. The molecule has 0 saturated carbocycles. The zero-order valence-corrected chi connectivity index (χ0v) is 21.4. The minimum Gasteiger partial charge on any atom is -0.495 e. The molecule has 0 aromatic heterocycles. The normalized spacial score (nSPS) is 15.5. The Kier molecular flexibility index (Phi) is 8.13. The van der Waals surface area contributed by atoms with Gasteiger partial charge in [-0.05, 0) is 36.2 Å². The maximum Gasteiger partial charge on any atom is 0.416 e. The zero-order valence-electron chi connectivity index (χ0n) is 20.6. The molecular weight excluding hydrogens is 511 g/mol. The first-order valence-corrected chi connectivity index (χ1v) is 12.6. The topological polar surface area (TPSA) is 74.2 Å². The van der Waals surface area contributed by atoms with Crippen molar-refractivity contribution in [3.05, 3.63) is 117 Å². The van der Waals surface area contributed by atoms with E-state index < -0.39 is 23.6 Å². The van der Waals surface area contributed by atoms with Crippen molar-refractivity contribution < 1.29 is 22.7 Å². The van der Waals surface area contributed by atoms with Crippen LogP contribution in [0.3, 0.4) is 0 Å². The van der Waals surface area contributed by atoms with Crippen LogP contribution in [0.1, 0.15) is 29.5 Å². The van der Waals surface area contributed by atoms with Crippen LogP contribution in [0.15, 0.2) is 101 Å². The lowest BCUT2D eigenvalue weighted by Crippen LogP contribution is -2.31. The summed E-state index contributed by atoms with van der Waals surface area (Å²) in [7, 11) is 1.45. The number of amides is 1. The molecule has 2 N–H and O–H groups in total. The minimum absolute atomic E-state index is 0.0215. The number of nitrogens with one attached hydrogen (secondary N) is 2. The van der Waals surface area contributed by atoms with Crippen molar-refractivity contribution >= 4 is 23.4 Å². The molecule has 1 aliphatic heterocycles. The molecular formula is C29H24F3N3O2S. The molecule has 0 aliphatic carbocycles. The molecule has 194 valence electrons. The number of carbonyl (C=O) groups excluding carboxylic acids is 1. The molecule has 1 aliphatic rings. The van der Waals surface area contributed by atoms with Crippen LogP contribution in [0.5, 0.6) is 5.75 Å². The molecule has 38 heavy (non-hydrogen) atoms. The number of nitrogens with zero attached hydrogens (tertiary/aromatic N) is 1. The van der Waals surface area contributed by atoms with Gasteiger partial charge in [-0.2, -0.15) is 18.4 Å². The van der Waals surface area contributed by atoms with Crippen molar-refractivity contribution in [3.8, 4) is 11.8 Å². The average Bonchev–Trinajstić information content (AvgIpc) is 2.91. The molecule has 1 heterocycles. The van der Waals surface area contributed by atoms with Gasteiger partial charge in [0.05, 0.1) is 40.9 Å². The van der Waals surface area contributed by atoms with E-state index >= 15 is 0 Å². The summed E-state index contributed by atoms with van der Waals surface area (Å²) in [5.41, 5.74) is 0.691. The monoisotopic (exact) mass is 535 g/mol. The summed E-state index contributed by atoms with van der Waals surface area (Å²) in [6, 6.07) is 23.4. The van der Waals surface area contributed by atoms with Gasteiger partial charge in [-0.3, -0.25) is 4.79 Å². The fraction of sp³-hybridized carbons (Fsp3) is 0.172. The van der Waals surface area contributed by atoms with Gasteiger partial charge in [0.15, 0.2) is 0 Å². The fourth-order valence-electron chi connectivity index (χ4n) is 4.31. The Hall–Kier alpha value is -4.16. The van der Waals surface area contributed by atoms with Gasteiger partial charge in [0.1, 0.15) is 5.75 Å². The second-order valence-electron chi connectivity index (χ2n) is 8.46. The van der Waals surface area contributed by atoms with Gasteiger partial charge in [-0.25, -0.2) is 0 Å². The Morgan fingerprint density at radius 3 is 2.39 bits per heavy atom. The van der Waals surface area contributed by atoms with Crippen molar-refractivity contribution in [2.45, 2.75) is 24.8 Å². The number of allylic oxidation sites excluding steroid dienone is 2. The number of rotatable bonds is 7. The molecule has 1 unspecified atom stereocenters. The number of thioether (sulfide) groups is 1. The van der Waals surface area contributed by atoms with E-state index in [1.807, 2.05) is 30.3 Å². The average molecular weight is 536 g/mol. The Morgan fingerprint density at radius 2 is 1.71 bits per heavy atom. The highest BCUT2D eigenvalue weighted by Gasteiger charge is 2.41. The van der Waals surface area contributed by atoms with E-state index in [2.05, 4.69) is 16.7 Å². The van der Waals surface area contributed by atoms with Crippen molar-refractivity contribution in [1.82, 2.24) is 5.32 Å². The van der Waals surface area contributed by atoms with Crippen molar-refractivity contribution in [3.63, 3.8) is 0 Å². The first-order valence-electron chi connectivity index (χ1n) is 11.6. The second kappa shape index (κ2) is 11.5. The lowest BCUT2D eigenvalue weighted by Gasteiger charge is -2.31. The highest BCUT2D eigenvalue weighted by molar-refractivity contribution is 8.02. The second-order valence-corrected chi connectivity index (χ2v) is 9.45. The molecule has 5 nitrogen and oxygen atoms in total. The number of anilines is 1. The number of para-hydroxylation sites is 2. The van der Waals surface area contributed by atoms with Crippen LogP contribution >= 0.6 is 11.8 Å². The van der Waals surface area contributed by atoms with E-state index in [0.29, 0.717) is 27.9 Å². The molecule has 9 heteroatoms. The van der Waals surface area contributed by atoms with Crippen molar-refractivity contribution in [1.29, 1.82) is 5.26 Å². The molecule has 0 radical (unpaired) electrons. The predicted octanol–water partition coefficient (Wildman–Crippen LogP) is 6.98. The van der Waals surface area contributed by atoms with Gasteiger partial charge in [0.25, 0.3) is 5.91 Å². The predicted molar refractivity (Wildman–Crippen MR) is 142 cm³/mol. The maximum atomic E-state index is 14.1. The lowest BCUT2D eigenvalue weighted by molar-refractivity contribution is -0.138. The third-order valence-electron chi connectivity index (χ3n) is 6.05. The third kappa shape index (κ3) is 5.71. The summed E-state index contributed by atoms with van der Waals surface area (Å²) in [6.45, 7) is 1.62. The lowest BCUT2D eigenvalue weighted by atomic mass is 9.80. The number of carbonyl (C=O) groups is 1. The maximum absolute atomic E-state index is 14.1. The SMILES string of the molecule is COc1ccccc1NC(=O)C1=C(C)NC(SCc2ccccc2)=C(C#N)C1c1ccccc1C(F)(F)F. The number of methoxy groups -OCH3 is 1. The zero-order chi connectivity index (χ0) is 27.3. The molecule has 0 spiro atoms. The quantitative estimate of drug-likeness (QED) is 0.341. The minimum atomic E-state index is -4.68. The van der Waals surface area contributed by atoms with Gasteiger partial charge < -0.3 is 15.4 Å². The molecule has 3 aromatic rings. The summed E-state index contributed by atoms with van der Waals surface area (Å²) in [4.78, 5) is 13.7. The summed E-state index contributed by atoms with van der Waals surface area (Å²) in [6.07, 6.45) is -4.68. The Morgan fingerprint density at radius 1 is 1.05 bits per heavy atom. The van der Waals surface area contributed by atoms with Gasteiger partial charge >= 0.3 is 6.18 Å². The number of benzene rings is 3. The first kappa shape index (κ1) is 26.9. The van der Waals surface area contributed by atoms with Crippen LogP contribution in [0.2, 0.25) is 0 Å². The molecule has 3 aromatic carbocycles. The Balaban J connectivity index is 1.82. The smallest absolute Gasteiger partial charge is 0.416 e. The molecule has 0 fully saturated rings. The van der Waals surface area contributed by atoms with E-state index in [-0.39, 0.29) is 16.7 Å². The highest BCUT2D eigenvalue weighted by atomic mass is 32.2. The van der Waals surface area contributed by atoms with Crippen LogP contribution < -0.4 is 15.4 Å². The fourth-order valence-corrected chi connectivity index (χ4v) is 5.36. The summed E-state index contributed by atoms with van der Waals surface area (Å²) < 4.78 is 47.7. The van der Waals surface area contributed by atoms with Gasteiger partial charge in [-0.1, -0.05) is 60.7 Å². The van der Waals surface area contributed by atoms with E-state index in [1.165, 1.54) is 37.1 Å². The van der Waals surface area contributed by atoms with E-state index in [9.17, 15) is 23.2 Å². The van der Waals surface area contributed by atoms with E-state index in [1.54, 1.807) is 31.2 Å². The standard InChI is InChI=1S/C29H24F3N3O2S/c1-18-25(27(36)35-23-14-8-9-15-24(23)37-2)26(20-12-6-7-13-22(20)29(30,31)32)21(16-33)28(34-18)38-17-19-10-4-3-5-11-19/h3-15,26,34H,17H2,1-2H3,(H,35,36). The first-order chi connectivity index (χ1) is 18.2. The highest BCUT2D eigenvalue weighted by Crippen LogP contribution is 2.45. The molecule has 0 saturated heterocycles. The Labute approximate surface area is 223 Å². The van der Waals surface area contributed by atoms with Crippen LogP contribution in [0.4, 0.5) is 18.9 Å². The van der Waals surface area contributed by atoms with Crippen molar-refractivity contribution in [2.75, 3.05) is 12.4 Å². The largest absolute Gasteiger partial charge is 0.495 e. The molecule has 1 amide bonds. The van der Waals surface area contributed by atoms with Gasteiger partial charge in [0.2, 0.25) is 0 Å². The van der Waals surface area contributed by atoms with Crippen LogP contribution in [-0.2, 0) is 16.7 Å². The van der Waals surface area contributed by atoms with Crippen LogP contribution in [-0.4, -0.2) is 13.0 Å². The summed E-state index contributed by atoms with van der Waals surface area (Å²) in [5, 5.41) is 16.5. The summed E-state index contributed by atoms with van der Waals surface area (Å²) >= 11 is 1.30. The number of nitriles is 1.